The van der Waals surface area contributed by atoms with Gasteiger partial charge in [0.2, 0.25) is 10.0 Å². The maximum absolute atomic E-state index is 13.0. The number of nitrogens with one attached hydrogen (secondary N) is 1. The maximum Gasteiger partial charge on any atom is 0.261 e. The average molecular weight is 447 g/mol. The number of aryl methyl sites for hydroxylation is 1. The Morgan fingerprint density at radius 3 is 2.23 bits per heavy atom. The van der Waals surface area contributed by atoms with E-state index in [9.17, 15) is 16.8 Å². The van der Waals surface area contributed by atoms with Crippen LogP contribution < -0.4 is 4.72 Å². The number of fused-ring (bicyclic) bond motifs is 1. The zero-order valence-electron chi connectivity index (χ0n) is 16.4. The van der Waals surface area contributed by atoms with E-state index >= 15 is 0 Å². The minimum Gasteiger partial charge on any atom is -0.379 e. The van der Waals surface area contributed by atoms with Crippen LogP contribution in [-0.2, 0) is 24.8 Å². The van der Waals surface area contributed by atoms with Gasteiger partial charge in [-0.2, -0.15) is 4.31 Å². The molecule has 158 valence electrons. The molecule has 7 nitrogen and oxygen atoms in total. The van der Waals surface area contributed by atoms with Crippen molar-refractivity contribution >= 4 is 36.5 Å². The molecule has 1 N–H and O–H groups in total. The molecule has 3 aromatic carbocycles. The van der Waals surface area contributed by atoms with E-state index in [-0.39, 0.29) is 28.6 Å². The van der Waals surface area contributed by atoms with Gasteiger partial charge in [-0.1, -0.05) is 36.4 Å². The molecule has 1 aliphatic rings. The van der Waals surface area contributed by atoms with Crippen LogP contribution in [0.25, 0.3) is 10.8 Å². The van der Waals surface area contributed by atoms with Gasteiger partial charge in [0, 0.05) is 13.1 Å². The number of ether oxygens (including phenoxy) is 1. The third-order valence-electron chi connectivity index (χ3n) is 5.09. The van der Waals surface area contributed by atoms with Crippen molar-refractivity contribution in [3.8, 4) is 0 Å². The van der Waals surface area contributed by atoms with E-state index in [1.165, 1.54) is 22.5 Å². The molecule has 30 heavy (non-hydrogen) atoms. The Bertz CT molecular complexity index is 1300. The first-order valence-electron chi connectivity index (χ1n) is 9.47. The van der Waals surface area contributed by atoms with E-state index in [1.54, 1.807) is 25.1 Å². The molecule has 3 aromatic rings. The Hall–Kier alpha value is -2.46. The van der Waals surface area contributed by atoms with Crippen LogP contribution in [0.5, 0.6) is 0 Å². The lowest BCUT2D eigenvalue weighted by molar-refractivity contribution is 0.0730. The van der Waals surface area contributed by atoms with Crippen LogP contribution in [0.15, 0.2) is 70.5 Å². The summed E-state index contributed by atoms with van der Waals surface area (Å²) in [6, 6.07) is 16.8. The van der Waals surface area contributed by atoms with Crippen LogP contribution >= 0.6 is 0 Å². The smallest absolute Gasteiger partial charge is 0.261 e. The highest BCUT2D eigenvalue weighted by atomic mass is 32.2. The SMILES string of the molecule is Cc1ccc(S(=O)(=O)N2CCOCC2)cc1NS(=O)(=O)c1ccc2ccccc2c1. The van der Waals surface area contributed by atoms with E-state index in [0.717, 1.165) is 10.8 Å². The van der Waals surface area contributed by atoms with Crippen LogP contribution in [-0.4, -0.2) is 47.4 Å². The highest BCUT2D eigenvalue weighted by Gasteiger charge is 2.27. The Morgan fingerprint density at radius 2 is 1.50 bits per heavy atom. The normalized spacial score (nSPS) is 15.9. The monoisotopic (exact) mass is 446 g/mol. The summed E-state index contributed by atoms with van der Waals surface area (Å²) in [4.78, 5) is 0.160. The van der Waals surface area contributed by atoms with Gasteiger partial charge in [0.25, 0.3) is 10.0 Å². The number of anilines is 1. The molecule has 0 spiro atoms. The quantitative estimate of drug-likeness (QED) is 0.650. The number of morpholine rings is 1. The van der Waals surface area contributed by atoms with E-state index in [1.807, 2.05) is 24.3 Å². The molecule has 0 aliphatic carbocycles. The molecule has 4 rings (SSSR count). The number of rotatable bonds is 5. The number of benzene rings is 3. The molecule has 0 aromatic heterocycles. The molecule has 1 aliphatic heterocycles. The molecule has 1 saturated heterocycles. The van der Waals surface area contributed by atoms with Crippen molar-refractivity contribution < 1.29 is 21.6 Å². The zero-order valence-corrected chi connectivity index (χ0v) is 18.0. The summed E-state index contributed by atoms with van der Waals surface area (Å²) < 4.78 is 60.9. The molecule has 1 fully saturated rings. The molecule has 0 atom stereocenters. The van der Waals surface area contributed by atoms with Crippen LogP contribution in [0.1, 0.15) is 5.56 Å². The van der Waals surface area contributed by atoms with Crippen molar-refractivity contribution in [1.82, 2.24) is 4.31 Å². The molecular formula is C21H22N2O5S2. The van der Waals surface area contributed by atoms with Gasteiger partial charge < -0.3 is 4.74 Å². The second kappa shape index (κ2) is 7.99. The lowest BCUT2D eigenvalue weighted by atomic mass is 10.1. The van der Waals surface area contributed by atoms with Gasteiger partial charge in [0.05, 0.1) is 28.7 Å². The predicted molar refractivity (Wildman–Crippen MR) is 116 cm³/mol. The van der Waals surface area contributed by atoms with Gasteiger partial charge in [0.15, 0.2) is 0 Å². The lowest BCUT2D eigenvalue weighted by Gasteiger charge is -2.26. The second-order valence-electron chi connectivity index (χ2n) is 7.11. The van der Waals surface area contributed by atoms with E-state index in [2.05, 4.69) is 4.72 Å². The third kappa shape index (κ3) is 4.06. The van der Waals surface area contributed by atoms with Crippen molar-refractivity contribution in [2.75, 3.05) is 31.0 Å². The van der Waals surface area contributed by atoms with Gasteiger partial charge in [-0.25, -0.2) is 16.8 Å². The Labute approximate surface area is 176 Å². The molecule has 0 bridgehead atoms. The van der Waals surface area contributed by atoms with Gasteiger partial charge in [-0.15, -0.1) is 0 Å². The molecule has 0 amide bonds. The summed E-state index contributed by atoms with van der Waals surface area (Å²) in [5.74, 6) is 0. The van der Waals surface area contributed by atoms with Crippen molar-refractivity contribution in [2.24, 2.45) is 0 Å². The summed E-state index contributed by atoms with van der Waals surface area (Å²) in [5, 5.41) is 1.74. The first kappa shape index (κ1) is 20.8. The van der Waals surface area contributed by atoms with Crippen molar-refractivity contribution in [1.29, 1.82) is 0 Å². The molecule has 0 radical (unpaired) electrons. The molecular weight excluding hydrogens is 424 g/mol. The van der Waals surface area contributed by atoms with Crippen LogP contribution in [0, 0.1) is 6.92 Å². The molecule has 1 heterocycles. The first-order chi connectivity index (χ1) is 14.3. The van der Waals surface area contributed by atoms with Crippen LogP contribution in [0.4, 0.5) is 5.69 Å². The zero-order chi connectivity index (χ0) is 21.4. The summed E-state index contributed by atoms with van der Waals surface area (Å²) in [6.45, 7) is 2.95. The van der Waals surface area contributed by atoms with Crippen molar-refractivity contribution in [3.05, 3.63) is 66.2 Å². The van der Waals surface area contributed by atoms with Crippen molar-refractivity contribution in [2.45, 2.75) is 16.7 Å². The van der Waals surface area contributed by atoms with Gasteiger partial charge >= 0.3 is 0 Å². The maximum atomic E-state index is 13.0. The van der Waals surface area contributed by atoms with E-state index in [0.29, 0.717) is 18.8 Å². The summed E-state index contributed by atoms with van der Waals surface area (Å²) in [7, 11) is -7.62. The summed E-state index contributed by atoms with van der Waals surface area (Å²) in [6.07, 6.45) is 0. The highest BCUT2D eigenvalue weighted by molar-refractivity contribution is 7.92. The Balaban J connectivity index is 1.67. The van der Waals surface area contributed by atoms with Crippen molar-refractivity contribution in [3.63, 3.8) is 0 Å². The average Bonchev–Trinajstić information content (AvgIpc) is 2.75. The van der Waals surface area contributed by atoms with Gasteiger partial charge in [0.1, 0.15) is 0 Å². The standard InChI is InChI=1S/C21H22N2O5S2/c1-16-6-8-20(30(26,27)23-10-12-28-13-11-23)15-21(16)22-29(24,25)19-9-7-17-4-2-3-5-18(17)14-19/h2-9,14-15,22H,10-13H2,1H3. The van der Waals surface area contributed by atoms with Gasteiger partial charge in [-0.3, -0.25) is 4.72 Å². The second-order valence-corrected chi connectivity index (χ2v) is 10.7. The topological polar surface area (TPSA) is 92.8 Å². The molecule has 0 saturated carbocycles. The first-order valence-corrected chi connectivity index (χ1v) is 12.4. The fourth-order valence-corrected chi connectivity index (χ4v) is 5.94. The molecule has 0 unspecified atom stereocenters. The van der Waals surface area contributed by atoms with Crippen LogP contribution in [0.3, 0.4) is 0 Å². The number of hydrogen-bond donors (Lipinski definition) is 1. The third-order valence-corrected chi connectivity index (χ3v) is 8.35. The lowest BCUT2D eigenvalue weighted by Crippen LogP contribution is -2.40. The number of hydrogen-bond acceptors (Lipinski definition) is 5. The summed E-state index contributed by atoms with van der Waals surface area (Å²) >= 11 is 0. The minimum atomic E-state index is -3.89. The molecule has 9 heteroatoms. The van der Waals surface area contributed by atoms with E-state index < -0.39 is 20.0 Å². The Morgan fingerprint density at radius 1 is 0.833 bits per heavy atom. The number of nitrogens with zero attached hydrogens (tertiary/aromatic N) is 1. The fourth-order valence-electron chi connectivity index (χ4n) is 3.35. The van der Waals surface area contributed by atoms with Crippen LogP contribution in [0.2, 0.25) is 0 Å². The minimum absolute atomic E-state index is 0.0474. The number of sulfonamides is 2. The largest absolute Gasteiger partial charge is 0.379 e. The fraction of sp³-hybridized carbons (Fsp3) is 0.238. The summed E-state index contributed by atoms with van der Waals surface area (Å²) in [5.41, 5.74) is 0.859. The Kier molecular flexibility index (Phi) is 5.54. The highest BCUT2D eigenvalue weighted by Crippen LogP contribution is 2.27. The predicted octanol–water partition coefficient (Wildman–Crippen LogP) is 2.97. The van der Waals surface area contributed by atoms with E-state index in [4.69, 9.17) is 4.74 Å². The van der Waals surface area contributed by atoms with Gasteiger partial charge in [-0.05, 0) is 47.5 Å².